The maximum Gasteiger partial charge on any atom is 0.308 e. The summed E-state index contributed by atoms with van der Waals surface area (Å²) in [6.07, 6.45) is 1.53. The van der Waals surface area contributed by atoms with Crippen LogP contribution in [0, 0.1) is 0 Å². The molecule has 8 heteroatoms. The van der Waals surface area contributed by atoms with Crippen molar-refractivity contribution in [1.82, 2.24) is 21.0 Å². The highest BCUT2D eigenvalue weighted by molar-refractivity contribution is 6.08. The Hall–Kier alpha value is -4.72. The van der Waals surface area contributed by atoms with Crippen molar-refractivity contribution >= 4 is 22.7 Å². The van der Waals surface area contributed by atoms with Crippen molar-refractivity contribution in [2.24, 2.45) is 0 Å². The molecule has 0 aliphatic heterocycles. The van der Waals surface area contributed by atoms with Crippen LogP contribution in [0.4, 0.5) is 0 Å². The smallest absolute Gasteiger partial charge is 0.308 e. The van der Waals surface area contributed by atoms with Crippen LogP contribution in [0.15, 0.2) is 94.1 Å². The summed E-state index contributed by atoms with van der Waals surface area (Å²) in [4.78, 5) is 29.9. The monoisotopic (exact) mass is 424 g/mol. The van der Waals surface area contributed by atoms with E-state index in [1.807, 2.05) is 42.5 Å². The molecular weight excluding hydrogens is 408 g/mol. The molecule has 32 heavy (non-hydrogen) atoms. The summed E-state index contributed by atoms with van der Waals surface area (Å²) in [5.74, 6) is -0.630. The highest BCUT2D eigenvalue weighted by Gasteiger charge is 2.18. The van der Waals surface area contributed by atoms with Gasteiger partial charge in [0, 0.05) is 17.0 Å². The lowest BCUT2D eigenvalue weighted by atomic mass is 10.1. The minimum atomic E-state index is -0.627. The fourth-order valence-electron chi connectivity index (χ4n) is 3.28. The molecule has 0 atom stereocenters. The number of furan rings is 1. The van der Waals surface area contributed by atoms with Gasteiger partial charge in [0.25, 0.3) is 5.91 Å². The Balaban J connectivity index is 1.36. The van der Waals surface area contributed by atoms with Crippen LogP contribution in [0.3, 0.4) is 0 Å². The van der Waals surface area contributed by atoms with Crippen LogP contribution in [0.5, 0.6) is 0 Å². The molecule has 5 aromatic rings. The molecule has 0 aliphatic carbocycles. The van der Waals surface area contributed by atoms with Crippen molar-refractivity contribution in [3.8, 4) is 22.7 Å². The van der Waals surface area contributed by atoms with E-state index >= 15 is 0 Å². The first-order valence-corrected chi connectivity index (χ1v) is 9.75. The van der Waals surface area contributed by atoms with E-state index in [-0.39, 0.29) is 5.76 Å². The van der Waals surface area contributed by atoms with Gasteiger partial charge in [0.1, 0.15) is 11.4 Å². The second kappa shape index (κ2) is 8.19. The number of fused-ring (bicyclic) bond motifs is 1. The van der Waals surface area contributed by atoms with Gasteiger partial charge in [-0.2, -0.15) is 0 Å². The summed E-state index contributed by atoms with van der Waals surface area (Å²) in [5.41, 5.74) is 7.59. The third-order valence-corrected chi connectivity index (χ3v) is 4.83. The normalized spacial score (nSPS) is 10.8. The largest absolute Gasteiger partial charge is 0.463 e. The number of hydrazine groups is 1. The van der Waals surface area contributed by atoms with Gasteiger partial charge in [0.2, 0.25) is 5.76 Å². The second-order valence-electron chi connectivity index (χ2n) is 6.90. The van der Waals surface area contributed by atoms with Gasteiger partial charge in [-0.05, 0) is 24.3 Å². The standard InChI is InChI=1S/C24H16N4O4/c29-23(26-27-24(30)22-14-19(28-32-22)15-7-2-1-3-8-15)17-13-20(21-11-6-12-31-21)25-18-10-5-4-9-16(17)18/h1-14H,(H,26,29)(H,27,30). The van der Waals surface area contributed by atoms with Gasteiger partial charge in [-0.1, -0.05) is 53.7 Å². The van der Waals surface area contributed by atoms with Crippen LogP contribution in [-0.4, -0.2) is 22.0 Å². The van der Waals surface area contributed by atoms with Gasteiger partial charge < -0.3 is 8.94 Å². The Kier molecular flexibility index (Phi) is 4.93. The number of nitrogens with zero attached hydrogens (tertiary/aromatic N) is 2. The molecule has 156 valence electrons. The summed E-state index contributed by atoms with van der Waals surface area (Å²) < 4.78 is 10.5. The first-order valence-electron chi connectivity index (χ1n) is 9.75. The zero-order valence-electron chi connectivity index (χ0n) is 16.6. The van der Waals surface area contributed by atoms with Crippen LogP contribution < -0.4 is 10.9 Å². The molecule has 2 N–H and O–H groups in total. The maximum absolute atomic E-state index is 12.9. The molecule has 0 aliphatic rings. The van der Waals surface area contributed by atoms with Crippen LogP contribution in [0.2, 0.25) is 0 Å². The highest BCUT2D eigenvalue weighted by Crippen LogP contribution is 2.25. The number of rotatable bonds is 4. The Labute approximate surface area is 181 Å². The SMILES string of the molecule is O=C(NNC(=O)c1cc(-c2ccco2)nc2ccccc12)c1cc(-c2ccccc2)no1. The molecule has 0 fully saturated rings. The number of carbonyl (C=O) groups is 2. The quantitative estimate of drug-likeness (QED) is 0.418. The zero-order valence-corrected chi connectivity index (χ0v) is 16.6. The predicted octanol–water partition coefficient (Wildman–Crippen LogP) is 4.22. The van der Waals surface area contributed by atoms with Crippen molar-refractivity contribution in [2.45, 2.75) is 0 Å². The van der Waals surface area contributed by atoms with Crippen LogP contribution in [-0.2, 0) is 0 Å². The van der Waals surface area contributed by atoms with Gasteiger partial charge in [-0.25, -0.2) is 4.98 Å². The highest BCUT2D eigenvalue weighted by atomic mass is 16.5. The van der Waals surface area contributed by atoms with Gasteiger partial charge in [-0.15, -0.1) is 0 Å². The Morgan fingerprint density at radius 2 is 1.56 bits per heavy atom. The number of aromatic nitrogens is 2. The molecule has 0 saturated heterocycles. The number of para-hydroxylation sites is 1. The van der Waals surface area contributed by atoms with Gasteiger partial charge >= 0.3 is 5.91 Å². The van der Waals surface area contributed by atoms with E-state index in [9.17, 15) is 9.59 Å². The Morgan fingerprint density at radius 3 is 2.38 bits per heavy atom. The molecule has 0 radical (unpaired) electrons. The average Bonchev–Trinajstić information content (AvgIpc) is 3.55. The fraction of sp³-hybridized carbons (Fsp3) is 0. The number of hydrogen-bond donors (Lipinski definition) is 2. The fourth-order valence-corrected chi connectivity index (χ4v) is 3.28. The lowest BCUT2D eigenvalue weighted by molar-refractivity contribution is 0.0826. The molecule has 3 aromatic heterocycles. The topological polar surface area (TPSA) is 110 Å². The molecular formula is C24H16N4O4. The second-order valence-corrected chi connectivity index (χ2v) is 6.90. The molecule has 5 rings (SSSR count). The minimum absolute atomic E-state index is 0.0278. The minimum Gasteiger partial charge on any atom is -0.463 e. The third kappa shape index (κ3) is 3.72. The Morgan fingerprint density at radius 1 is 0.781 bits per heavy atom. The zero-order chi connectivity index (χ0) is 21.9. The number of hydrogen-bond acceptors (Lipinski definition) is 6. The van der Waals surface area contributed by atoms with Crippen LogP contribution >= 0.6 is 0 Å². The average molecular weight is 424 g/mol. The Bertz CT molecular complexity index is 1410. The van der Waals surface area contributed by atoms with Crippen molar-refractivity contribution in [3.05, 3.63) is 96.4 Å². The molecule has 2 amide bonds. The summed E-state index contributed by atoms with van der Waals surface area (Å²) in [5, 5.41) is 4.55. The van der Waals surface area contributed by atoms with Crippen molar-refractivity contribution in [2.75, 3.05) is 0 Å². The molecule has 0 saturated carbocycles. The first kappa shape index (κ1) is 19.3. The summed E-state index contributed by atoms with van der Waals surface area (Å²) in [7, 11) is 0. The summed E-state index contributed by atoms with van der Waals surface area (Å²) in [6, 6.07) is 23.2. The van der Waals surface area contributed by atoms with E-state index in [0.717, 1.165) is 5.56 Å². The number of nitrogens with one attached hydrogen (secondary N) is 2. The molecule has 3 heterocycles. The molecule has 0 unspecified atom stereocenters. The van der Waals surface area contributed by atoms with Crippen molar-refractivity contribution < 1.29 is 18.5 Å². The molecule has 8 nitrogen and oxygen atoms in total. The van der Waals surface area contributed by atoms with E-state index in [4.69, 9.17) is 8.94 Å². The van der Waals surface area contributed by atoms with Crippen molar-refractivity contribution in [1.29, 1.82) is 0 Å². The van der Waals surface area contributed by atoms with Gasteiger partial charge in [-0.3, -0.25) is 20.4 Å². The molecule has 0 bridgehead atoms. The number of carbonyl (C=O) groups excluding carboxylic acids is 2. The van der Waals surface area contributed by atoms with Crippen LogP contribution in [0.25, 0.3) is 33.6 Å². The van der Waals surface area contributed by atoms with Crippen molar-refractivity contribution in [3.63, 3.8) is 0 Å². The number of pyridine rings is 1. The maximum atomic E-state index is 12.9. The lowest BCUT2D eigenvalue weighted by Crippen LogP contribution is -2.41. The molecule has 0 spiro atoms. The first-order chi connectivity index (χ1) is 15.7. The van der Waals surface area contributed by atoms with E-state index < -0.39 is 11.8 Å². The number of amides is 2. The third-order valence-electron chi connectivity index (χ3n) is 4.83. The van der Waals surface area contributed by atoms with E-state index in [2.05, 4.69) is 21.0 Å². The van der Waals surface area contributed by atoms with E-state index in [1.54, 1.807) is 30.3 Å². The van der Waals surface area contributed by atoms with E-state index in [1.165, 1.54) is 12.3 Å². The lowest BCUT2D eigenvalue weighted by Gasteiger charge is -2.10. The van der Waals surface area contributed by atoms with Gasteiger partial charge in [0.05, 0.1) is 17.3 Å². The molecule has 2 aromatic carbocycles. The summed E-state index contributed by atoms with van der Waals surface area (Å²) in [6.45, 7) is 0. The van der Waals surface area contributed by atoms with Crippen LogP contribution in [0.1, 0.15) is 20.9 Å². The number of benzene rings is 2. The van der Waals surface area contributed by atoms with E-state index in [0.29, 0.717) is 33.6 Å². The summed E-state index contributed by atoms with van der Waals surface area (Å²) >= 11 is 0. The van der Waals surface area contributed by atoms with Gasteiger partial charge in [0.15, 0.2) is 5.76 Å². The predicted molar refractivity (Wildman–Crippen MR) is 116 cm³/mol.